The molecule has 0 bridgehead atoms. The maximum absolute atomic E-state index is 11.1. The Morgan fingerprint density at radius 2 is 2.00 bits per heavy atom. The largest absolute Gasteiger partial charge is 0.468 e. The first-order valence-electron chi connectivity index (χ1n) is 5.45. The molecule has 0 aliphatic carbocycles. The predicted octanol–water partition coefficient (Wildman–Crippen LogP) is 2.11. The van der Waals surface area contributed by atoms with E-state index in [2.05, 4.69) is 23.9 Å². The third kappa shape index (κ3) is 5.97. The van der Waals surface area contributed by atoms with Crippen molar-refractivity contribution >= 4 is 5.97 Å². The Labute approximate surface area is 87.2 Å². The van der Waals surface area contributed by atoms with Crippen LogP contribution in [0.3, 0.4) is 0 Å². The highest BCUT2D eigenvalue weighted by atomic mass is 16.5. The van der Waals surface area contributed by atoms with Gasteiger partial charge in [-0.3, -0.25) is 4.79 Å². The molecule has 3 nitrogen and oxygen atoms in total. The van der Waals surface area contributed by atoms with Gasteiger partial charge in [0, 0.05) is 6.04 Å². The number of nitrogens with one attached hydrogen (secondary N) is 1. The van der Waals surface area contributed by atoms with Crippen molar-refractivity contribution < 1.29 is 9.53 Å². The minimum absolute atomic E-state index is 0.188. The molecule has 1 unspecified atom stereocenters. The molecule has 0 aliphatic rings. The van der Waals surface area contributed by atoms with E-state index in [0.717, 1.165) is 6.42 Å². The molecule has 1 N–H and O–H groups in total. The lowest BCUT2D eigenvalue weighted by Crippen LogP contribution is -2.40. The van der Waals surface area contributed by atoms with Gasteiger partial charge in [-0.25, -0.2) is 0 Å². The maximum atomic E-state index is 11.1. The molecule has 0 rings (SSSR count). The number of carbonyl (C=O) groups excluding carboxylic acids is 1. The second-order valence-corrected chi connectivity index (χ2v) is 3.81. The van der Waals surface area contributed by atoms with Crippen molar-refractivity contribution in [3.8, 4) is 0 Å². The molecule has 14 heavy (non-hydrogen) atoms. The Bertz CT molecular complexity index is 159. The van der Waals surface area contributed by atoms with Gasteiger partial charge in [0.2, 0.25) is 0 Å². The normalized spacial score (nSPS) is 14.9. The van der Waals surface area contributed by atoms with Crippen molar-refractivity contribution in [1.29, 1.82) is 0 Å². The standard InChI is InChI=1S/C11H23NO2/c1-5-6-7-8-9(2)12-10(3)11(13)14-4/h9-10,12H,5-8H2,1-4H3/t9?,10-/m0/s1. The first-order chi connectivity index (χ1) is 6.61. The fourth-order valence-corrected chi connectivity index (χ4v) is 1.46. The molecule has 0 aromatic heterocycles. The lowest BCUT2D eigenvalue weighted by molar-refractivity contribution is -0.142. The Kier molecular flexibility index (Phi) is 7.48. The van der Waals surface area contributed by atoms with Crippen LogP contribution >= 0.6 is 0 Å². The quantitative estimate of drug-likeness (QED) is 0.506. The maximum Gasteiger partial charge on any atom is 0.322 e. The number of ether oxygens (including phenoxy) is 1. The number of carbonyl (C=O) groups is 1. The van der Waals surface area contributed by atoms with E-state index in [1.54, 1.807) is 0 Å². The summed E-state index contributed by atoms with van der Waals surface area (Å²) >= 11 is 0. The minimum atomic E-state index is -0.198. The Hall–Kier alpha value is -0.570. The highest BCUT2D eigenvalue weighted by Gasteiger charge is 2.14. The molecule has 0 spiro atoms. The number of unbranched alkanes of at least 4 members (excludes halogenated alkanes) is 2. The summed E-state index contributed by atoms with van der Waals surface area (Å²) in [7, 11) is 1.42. The zero-order chi connectivity index (χ0) is 11.0. The number of hydrogen-bond acceptors (Lipinski definition) is 3. The summed E-state index contributed by atoms with van der Waals surface area (Å²) in [6.45, 7) is 6.13. The molecule has 2 atom stereocenters. The van der Waals surface area contributed by atoms with Crippen LogP contribution < -0.4 is 5.32 Å². The second-order valence-electron chi connectivity index (χ2n) is 3.81. The van der Waals surface area contributed by atoms with Gasteiger partial charge in [-0.1, -0.05) is 26.2 Å². The van der Waals surface area contributed by atoms with E-state index in [0.29, 0.717) is 6.04 Å². The summed E-state index contributed by atoms with van der Waals surface area (Å²) in [4.78, 5) is 11.1. The van der Waals surface area contributed by atoms with E-state index in [-0.39, 0.29) is 12.0 Å². The van der Waals surface area contributed by atoms with Crippen LogP contribution in [0.4, 0.5) is 0 Å². The summed E-state index contributed by atoms with van der Waals surface area (Å²) < 4.78 is 4.64. The first-order valence-corrected chi connectivity index (χ1v) is 5.45. The molecule has 3 heteroatoms. The van der Waals surface area contributed by atoms with E-state index in [4.69, 9.17) is 0 Å². The molecule has 0 fully saturated rings. The van der Waals surface area contributed by atoms with Crippen LogP contribution in [0.25, 0.3) is 0 Å². The monoisotopic (exact) mass is 201 g/mol. The number of rotatable bonds is 7. The molecule has 0 aromatic carbocycles. The smallest absolute Gasteiger partial charge is 0.322 e. The molecule has 0 aliphatic heterocycles. The number of hydrogen-bond donors (Lipinski definition) is 1. The summed E-state index contributed by atoms with van der Waals surface area (Å²) in [5, 5.41) is 3.21. The van der Waals surface area contributed by atoms with E-state index < -0.39 is 0 Å². The van der Waals surface area contributed by atoms with Crippen LogP contribution in [-0.4, -0.2) is 25.2 Å². The second kappa shape index (κ2) is 7.80. The summed E-state index contributed by atoms with van der Waals surface area (Å²) in [6.07, 6.45) is 4.84. The predicted molar refractivity (Wildman–Crippen MR) is 58.2 cm³/mol. The van der Waals surface area contributed by atoms with E-state index in [1.165, 1.54) is 26.4 Å². The molecule has 0 radical (unpaired) electrons. The van der Waals surface area contributed by atoms with Gasteiger partial charge in [0.05, 0.1) is 7.11 Å². The number of esters is 1. The van der Waals surface area contributed by atoms with Gasteiger partial charge in [0.15, 0.2) is 0 Å². The SMILES string of the molecule is CCCCCC(C)N[C@@H](C)C(=O)OC. The first kappa shape index (κ1) is 13.4. The molecular formula is C11H23NO2. The lowest BCUT2D eigenvalue weighted by Gasteiger charge is -2.17. The van der Waals surface area contributed by atoms with Crippen LogP contribution in [-0.2, 0) is 9.53 Å². The Morgan fingerprint density at radius 3 is 2.50 bits per heavy atom. The van der Waals surface area contributed by atoms with Crippen molar-refractivity contribution in [3.05, 3.63) is 0 Å². The van der Waals surface area contributed by atoms with Gasteiger partial charge in [-0.05, 0) is 20.3 Å². The highest BCUT2D eigenvalue weighted by Crippen LogP contribution is 2.03. The summed E-state index contributed by atoms with van der Waals surface area (Å²) in [5.41, 5.74) is 0. The zero-order valence-corrected chi connectivity index (χ0v) is 9.80. The minimum Gasteiger partial charge on any atom is -0.468 e. The van der Waals surface area contributed by atoms with Crippen molar-refractivity contribution in [3.63, 3.8) is 0 Å². The Balaban J connectivity index is 3.59. The fourth-order valence-electron chi connectivity index (χ4n) is 1.46. The van der Waals surface area contributed by atoms with Crippen LogP contribution in [0.15, 0.2) is 0 Å². The van der Waals surface area contributed by atoms with E-state index in [9.17, 15) is 4.79 Å². The van der Waals surface area contributed by atoms with Crippen molar-refractivity contribution in [2.24, 2.45) is 0 Å². The topological polar surface area (TPSA) is 38.3 Å². The van der Waals surface area contributed by atoms with Gasteiger partial charge in [-0.2, -0.15) is 0 Å². The van der Waals surface area contributed by atoms with Gasteiger partial charge < -0.3 is 10.1 Å². The van der Waals surface area contributed by atoms with Gasteiger partial charge in [0.1, 0.15) is 6.04 Å². The van der Waals surface area contributed by atoms with Gasteiger partial charge in [0.25, 0.3) is 0 Å². The van der Waals surface area contributed by atoms with Crippen molar-refractivity contribution in [1.82, 2.24) is 5.32 Å². The molecule has 0 saturated carbocycles. The average molecular weight is 201 g/mol. The Morgan fingerprint density at radius 1 is 1.36 bits per heavy atom. The average Bonchev–Trinajstić information content (AvgIpc) is 2.16. The third-order valence-electron chi connectivity index (χ3n) is 2.33. The van der Waals surface area contributed by atoms with Crippen LogP contribution in [0.5, 0.6) is 0 Å². The van der Waals surface area contributed by atoms with Gasteiger partial charge in [-0.15, -0.1) is 0 Å². The molecule has 84 valence electrons. The fraction of sp³-hybridized carbons (Fsp3) is 0.909. The van der Waals surface area contributed by atoms with E-state index in [1.807, 2.05) is 6.92 Å². The molecule has 0 amide bonds. The van der Waals surface area contributed by atoms with E-state index >= 15 is 0 Å². The molecule has 0 heterocycles. The van der Waals surface area contributed by atoms with Crippen molar-refractivity contribution in [2.45, 2.75) is 58.5 Å². The summed E-state index contributed by atoms with van der Waals surface area (Å²) in [6, 6.07) is 0.187. The van der Waals surface area contributed by atoms with Crippen LogP contribution in [0, 0.1) is 0 Å². The van der Waals surface area contributed by atoms with Gasteiger partial charge >= 0.3 is 5.97 Å². The number of methoxy groups -OCH3 is 1. The van der Waals surface area contributed by atoms with Crippen LogP contribution in [0.2, 0.25) is 0 Å². The zero-order valence-electron chi connectivity index (χ0n) is 9.80. The van der Waals surface area contributed by atoms with Crippen LogP contribution in [0.1, 0.15) is 46.5 Å². The highest BCUT2D eigenvalue weighted by molar-refractivity contribution is 5.75. The lowest BCUT2D eigenvalue weighted by atomic mass is 10.1. The molecular weight excluding hydrogens is 178 g/mol. The van der Waals surface area contributed by atoms with Crippen molar-refractivity contribution in [2.75, 3.05) is 7.11 Å². The third-order valence-corrected chi connectivity index (χ3v) is 2.33. The molecule has 0 aromatic rings. The summed E-state index contributed by atoms with van der Waals surface area (Å²) in [5.74, 6) is -0.188. The molecule has 0 saturated heterocycles.